The number of benzene rings is 3. The molecule has 10 heteroatoms. The van der Waals surface area contributed by atoms with E-state index in [1.165, 1.54) is 24.1 Å². The number of carbonyl (C=O) groups excluding carboxylic acids is 2. The fourth-order valence-corrected chi connectivity index (χ4v) is 4.30. The summed E-state index contributed by atoms with van der Waals surface area (Å²) < 4.78 is 50.4. The average Bonchev–Trinajstić information content (AvgIpc) is 2.95. The molecule has 1 aliphatic rings. The van der Waals surface area contributed by atoms with Crippen LogP contribution in [0.3, 0.4) is 0 Å². The summed E-state index contributed by atoms with van der Waals surface area (Å²) in [5, 5.41) is 0. The van der Waals surface area contributed by atoms with Gasteiger partial charge in [-0.2, -0.15) is 13.2 Å². The van der Waals surface area contributed by atoms with E-state index in [1.807, 2.05) is 24.3 Å². The molecule has 1 fully saturated rings. The third-order valence-corrected chi connectivity index (χ3v) is 6.40. The third-order valence-electron chi connectivity index (χ3n) is 6.40. The molecule has 0 aliphatic carbocycles. The van der Waals surface area contributed by atoms with Crippen molar-refractivity contribution in [2.24, 2.45) is 0 Å². The number of alkyl halides is 3. The van der Waals surface area contributed by atoms with Crippen LogP contribution in [0.5, 0.6) is 5.75 Å². The van der Waals surface area contributed by atoms with E-state index in [9.17, 15) is 22.8 Å². The van der Waals surface area contributed by atoms with E-state index in [2.05, 4.69) is 4.90 Å². The topological polar surface area (TPSA) is 62.3 Å². The standard InChI is InChI=1S/C28H28F3N3O4/c1-37-25-8-4-6-23(18-25)32-13-15-33(16-14-32)27(36)34(24-7-3-5-22(17-24)28(29,30)31)19-20-9-11-21(12-10-20)26(35)38-2/h3-12,17-18H,13-16,19H2,1-2H3. The Kier molecular flexibility index (Phi) is 8.09. The summed E-state index contributed by atoms with van der Waals surface area (Å²) in [6, 6.07) is 18.4. The monoisotopic (exact) mass is 527 g/mol. The van der Waals surface area contributed by atoms with Crippen molar-refractivity contribution in [3.63, 3.8) is 0 Å². The molecule has 0 atom stereocenters. The molecule has 0 N–H and O–H groups in total. The minimum atomic E-state index is -4.55. The molecule has 1 heterocycles. The van der Waals surface area contributed by atoms with Crippen LogP contribution in [0.1, 0.15) is 21.5 Å². The fraction of sp³-hybridized carbons (Fsp3) is 0.286. The highest BCUT2D eigenvalue weighted by atomic mass is 19.4. The van der Waals surface area contributed by atoms with Crippen molar-refractivity contribution < 1.29 is 32.2 Å². The Morgan fingerprint density at radius 2 is 1.58 bits per heavy atom. The summed E-state index contributed by atoms with van der Waals surface area (Å²) in [5.74, 6) is 0.228. The van der Waals surface area contributed by atoms with E-state index in [0.29, 0.717) is 37.3 Å². The van der Waals surface area contributed by atoms with Gasteiger partial charge in [-0.15, -0.1) is 0 Å². The summed E-state index contributed by atoms with van der Waals surface area (Å²) in [6.07, 6.45) is -4.55. The molecule has 0 unspecified atom stereocenters. The van der Waals surface area contributed by atoms with E-state index < -0.39 is 23.7 Å². The predicted octanol–water partition coefficient (Wildman–Crippen LogP) is 5.45. The van der Waals surface area contributed by atoms with Gasteiger partial charge in [-0.1, -0.05) is 24.3 Å². The number of carbonyl (C=O) groups is 2. The van der Waals surface area contributed by atoms with Gasteiger partial charge in [0.25, 0.3) is 0 Å². The van der Waals surface area contributed by atoms with Crippen LogP contribution in [0, 0.1) is 0 Å². The Hall–Kier alpha value is -4.21. The van der Waals surface area contributed by atoms with Crippen LogP contribution in [0.15, 0.2) is 72.8 Å². The molecule has 38 heavy (non-hydrogen) atoms. The van der Waals surface area contributed by atoms with Crippen molar-refractivity contribution in [1.82, 2.24) is 4.90 Å². The third kappa shape index (κ3) is 6.19. The van der Waals surface area contributed by atoms with Gasteiger partial charge in [0.05, 0.1) is 31.9 Å². The first-order valence-corrected chi connectivity index (χ1v) is 12.0. The van der Waals surface area contributed by atoms with Gasteiger partial charge in [0.15, 0.2) is 0 Å². The quantitative estimate of drug-likeness (QED) is 0.399. The molecule has 1 saturated heterocycles. The van der Waals surface area contributed by atoms with E-state index in [-0.39, 0.29) is 12.2 Å². The average molecular weight is 528 g/mol. The minimum Gasteiger partial charge on any atom is -0.497 e. The van der Waals surface area contributed by atoms with Crippen LogP contribution in [-0.4, -0.2) is 57.3 Å². The number of nitrogens with zero attached hydrogens (tertiary/aromatic N) is 3. The van der Waals surface area contributed by atoms with Gasteiger partial charge in [0.2, 0.25) is 0 Å². The second-order valence-electron chi connectivity index (χ2n) is 8.78. The van der Waals surface area contributed by atoms with Crippen LogP contribution in [0.4, 0.5) is 29.3 Å². The number of hydrogen-bond donors (Lipinski definition) is 0. The zero-order chi connectivity index (χ0) is 27.3. The highest BCUT2D eigenvalue weighted by Crippen LogP contribution is 2.32. The summed E-state index contributed by atoms with van der Waals surface area (Å²) in [4.78, 5) is 30.6. The van der Waals surface area contributed by atoms with Crippen molar-refractivity contribution in [3.05, 3.63) is 89.5 Å². The Balaban J connectivity index is 1.56. The molecule has 0 radical (unpaired) electrons. The van der Waals surface area contributed by atoms with Crippen LogP contribution >= 0.6 is 0 Å². The number of piperazine rings is 1. The normalized spacial score (nSPS) is 13.7. The number of hydrogen-bond acceptors (Lipinski definition) is 5. The maximum Gasteiger partial charge on any atom is 0.416 e. The number of rotatable bonds is 6. The van der Waals surface area contributed by atoms with Crippen molar-refractivity contribution in [2.75, 3.05) is 50.2 Å². The Bertz CT molecular complexity index is 1270. The molecule has 1 aliphatic heterocycles. The zero-order valence-electron chi connectivity index (χ0n) is 21.1. The maximum atomic E-state index is 13.7. The SMILES string of the molecule is COC(=O)c1ccc(CN(C(=O)N2CCN(c3cccc(OC)c3)CC2)c2cccc(C(F)(F)F)c2)cc1. The smallest absolute Gasteiger partial charge is 0.416 e. The Morgan fingerprint density at radius 3 is 2.21 bits per heavy atom. The van der Waals surface area contributed by atoms with Crippen molar-refractivity contribution in [3.8, 4) is 5.75 Å². The van der Waals surface area contributed by atoms with Gasteiger partial charge in [-0.25, -0.2) is 9.59 Å². The molecule has 7 nitrogen and oxygen atoms in total. The number of amides is 2. The number of methoxy groups -OCH3 is 2. The first-order valence-electron chi connectivity index (χ1n) is 12.0. The number of anilines is 2. The second-order valence-corrected chi connectivity index (χ2v) is 8.78. The summed E-state index contributed by atoms with van der Waals surface area (Å²) >= 11 is 0. The largest absolute Gasteiger partial charge is 0.497 e. The lowest BCUT2D eigenvalue weighted by molar-refractivity contribution is -0.137. The maximum absolute atomic E-state index is 13.7. The van der Waals surface area contributed by atoms with Crippen LogP contribution < -0.4 is 14.5 Å². The van der Waals surface area contributed by atoms with Crippen molar-refractivity contribution >= 4 is 23.4 Å². The van der Waals surface area contributed by atoms with Crippen molar-refractivity contribution in [2.45, 2.75) is 12.7 Å². The van der Waals surface area contributed by atoms with Gasteiger partial charge in [-0.3, -0.25) is 4.90 Å². The Labute approximate surface area is 219 Å². The number of esters is 1. The molecule has 4 rings (SSSR count). The molecule has 0 bridgehead atoms. The molecule has 0 saturated carbocycles. The molecule has 3 aromatic rings. The number of ether oxygens (including phenoxy) is 2. The van der Waals surface area contributed by atoms with E-state index in [0.717, 1.165) is 23.6 Å². The summed E-state index contributed by atoms with van der Waals surface area (Å²) in [7, 11) is 2.87. The van der Waals surface area contributed by atoms with E-state index in [1.54, 1.807) is 36.3 Å². The first kappa shape index (κ1) is 26.8. The van der Waals surface area contributed by atoms with Gasteiger partial charge < -0.3 is 19.3 Å². The lowest BCUT2D eigenvalue weighted by Crippen LogP contribution is -2.53. The molecular weight excluding hydrogens is 499 g/mol. The first-order chi connectivity index (χ1) is 18.2. The van der Waals surface area contributed by atoms with Crippen molar-refractivity contribution in [1.29, 1.82) is 0 Å². The van der Waals surface area contributed by atoms with Gasteiger partial charge >= 0.3 is 18.2 Å². The predicted molar refractivity (Wildman–Crippen MR) is 138 cm³/mol. The molecule has 0 aromatic heterocycles. The molecule has 0 spiro atoms. The molecular formula is C28H28F3N3O4. The molecule has 2 amide bonds. The highest BCUT2D eigenvalue weighted by Gasteiger charge is 2.32. The van der Waals surface area contributed by atoms with Gasteiger partial charge in [0, 0.05) is 43.6 Å². The van der Waals surface area contributed by atoms with E-state index in [4.69, 9.17) is 9.47 Å². The van der Waals surface area contributed by atoms with Crippen LogP contribution in [0.2, 0.25) is 0 Å². The van der Waals surface area contributed by atoms with Gasteiger partial charge in [-0.05, 0) is 48.0 Å². The summed E-state index contributed by atoms with van der Waals surface area (Å²) in [5.41, 5.74) is 1.26. The Morgan fingerprint density at radius 1 is 0.895 bits per heavy atom. The minimum absolute atomic E-state index is 0.0255. The highest BCUT2D eigenvalue weighted by molar-refractivity contribution is 5.92. The van der Waals surface area contributed by atoms with Gasteiger partial charge in [0.1, 0.15) is 5.75 Å². The second kappa shape index (κ2) is 11.5. The molecule has 200 valence electrons. The molecule has 3 aromatic carbocycles. The lowest BCUT2D eigenvalue weighted by atomic mass is 10.1. The summed E-state index contributed by atoms with van der Waals surface area (Å²) in [6.45, 7) is 1.93. The fourth-order valence-electron chi connectivity index (χ4n) is 4.30. The lowest BCUT2D eigenvalue weighted by Gasteiger charge is -2.38. The van der Waals surface area contributed by atoms with Crippen LogP contribution in [0.25, 0.3) is 0 Å². The number of halogens is 3. The zero-order valence-corrected chi connectivity index (χ0v) is 21.1. The number of urea groups is 1. The van der Waals surface area contributed by atoms with E-state index >= 15 is 0 Å². The van der Waals surface area contributed by atoms with Crippen LogP contribution in [-0.2, 0) is 17.5 Å².